The van der Waals surface area contributed by atoms with E-state index in [-0.39, 0.29) is 0 Å². The first-order valence-corrected chi connectivity index (χ1v) is 8.79. The molecule has 0 radical (unpaired) electrons. The Labute approximate surface area is 152 Å². The minimum Gasteiger partial charge on any atom is -0.354 e. The van der Waals surface area contributed by atoms with Crippen LogP contribution in [-0.4, -0.2) is 31.3 Å². The van der Waals surface area contributed by atoms with E-state index in [1.54, 1.807) is 12.7 Å². The van der Waals surface area contributed by atoms with E-state index in [1.807, 2.05) is 41.0 Å². The predicted molar refractivity (Wildman–Crippen MR) is 103 cm³/mol. The van der Waals surface area contributed by atoms with E-state index in [2.05, 4.69) is 38.7 Å². The number of anilines is 1. The summed E-state index contributed by atoms with van der Waals surface area (Å²) in [4.78, 5) is 9.43. The van der Waals surface area contributed by atoms with Gasteiger partial charge in [-0.05, 0) is 18.9 Å². The smallest absolute Gasteiger partial charge is 0.223 e. The molecular weight excluding hydrogens is 324 g/mol. The van der Waals surface area contributed by atoms with E-state index in [1.165, 1.54) is 0 Å². The molecule has 4 rings (SSSR count). The lowest BCUT2D eigenvalue weighted by Crippen LogP contribution is -2.07. The van der Waals surface area contributed by atoms with E-state index < -0.39 is 0 Å². The van der Waals surface area contributed by atoms with Crippen molar-refractivity contribution >= 4 is 16.9 Å². The van der Waals surface area contributed by atoms with Crippen LogP contribution in [0.25, 0.3) is 22.2 Å². The normalized spacial score (nSPS) is 10.9. The van der Waals surface area contributed by atoms with Gasteiger partial charge in [-0.25, -0.2) is 9.97 Å². The highest BCUT2D eigenvalue weighted by Crippen LogP contribution is 2.26. The van der Waals surface area contributed by atoms with Crippen LogP contribution in [0.4, 0.5) is 5.95 Å². The number of para-hydroxylation sites is 1. The molecule has 1 N–H and O–H groups in total. The summed E-state index contributed by atoms with van der Waals surface area (Å²) in [6.45, 7) is 1.75. The van der Waals surface area contributed by atoms with Crippen molar-refractivity contribution in [2.45, 2.75) is 19.4 Å². The Hall–Kier alpha value is -3.28. The average molecular weight is 344 g/mol. The lowest BCUT2D eigenvalue weighted by molar-refractivity contribution is 0.619. The average Bonchev–Trinajstić information content (AvgIpc) is 3.21. The van der Waals surface area contributed by atoms with Crippen LogP contribution < -0.4 is 5.32 Å². The van der Waals surface area contributed by atoms with Crippen LogP contribution in [0.5, 0.6) is 0 Å². The summed E-state index contributed by atoms with van der Waals surface area (Å²) < 4.78 is 1.99. The number of hydrogen-bond donors (Lipinski definition) is 1. The Kier molecular flexibility index (Phi) is 4.82. The lowest BCUT2D eigenvalue weighted by Gasteiger charge is -2.10. The maximum Gasteiger partial charge on any atom is 0.223 e. The van der Waals surface area contributed by atoms with E-state index in [4.69, 9.17) is 4.98 Å². The number of aromatic nitrogens is 5. The van der Waals surface area contributed by atoms with Crippen molar-refractivity contribution in [1.82, 2.24) is 24.7 Å². The Morgan fingerprint density at radius 1 is 0.808 bits per heavy atom. The molecule has 0 saturated carbocycles. The van der Waals surface area contributed by atoms with Crippen molar-refractivity contribution in [3.8, 4) is 11.3 Å². The maximum atomic E-state index is 4.77. The third kappa shape index (κ3) is 3.69. The largest absolute Gasteiger partial charge is 0.354 e. The second-order valence-electron chi connectivity index (χ2n) is 6.11. The molecule has 0 spiro atoms. The first-order chi connectivity index (χ1) is 12.9. The van der Waals surface area contributed by atoms with Crippen LogP contribution in [0.15, 0.2) is 67.3 Å². The number of nitrogens with zero attached hydrogens (tertiary/aromatic N) is 5. The van der Waals surface area contributed by atoms with Crippen molar-refractivity contribution in [1.29, 1.82) is 0 Å². The van der Waals surface area contributed by atoms with Gasteiger partial charge in [-0.3, -0.25) is 0 Å². The van der Waals surface area contributed by atoms with E-state index in [0.29, 0.717) is 5.95 Å². The standard InChI is InChI=1S/C20H20N6/c1-2-8-16(9-3-1)19-17-10-4-5-11-18(17)24-20(25-19)21-12-6-7-13-26-14-22-23-15-26/h1-5,8-11,14-15H,6-7,12-13H2,(H,21,24,25). The van der Waals surface area contributed by atoms with E-state index in [0.717, 1.165) is 48.1 Å². The molecule has 0 aliphatic carbocycles. The van der Waals surface area contributed by atoms with Crippen LogP contribution in [0.2, 0.25) is 0 Å². The van der Waals surface area contributed by atoms with E-state index >= 15 is 0 Å². The number of rotatable bonds is 7. The highest BCUT2D eigenvalue weighted by atomic mass is 15.2. The Balaban J connectivity index is 1.48. The minimum absolute atomic E-state index is 0.673. The molecule has 2 heterocycles. The molecular formula is C20H20N6. The second-order valence-corrected chi connectivity index (χ2v) is 6.11. The molecule has 0 bridgehead atoms. The van der Waals surface area contributed by atoms with Gasteiger partial charge < -0.3 is 9.88 Å². The van der Waals surface area contributed by atoms with Crippen LogP contribution in [0.1, 0.15) is 12.8 Å². The fourth-order valence-electron chi connectivity index (χ4n) is 2.93. The summed E-state index contributed by atoms with van der Waals surface area (Å²) in [6, 6.07) is 18.4. The number of hydrogen-bond acceptors (Lipinski definition) is 5. The quantitative estimate of drug-likeness (QED) is 0.517. The summed E-state index contributed by atoms with van der Waals surface area (Å²) in [6.07, 6.45) is 5.55. The zero-order valence-electron chi connectivity index (χ0n) is 14.4. The van der Waals surface area contributed by atoms with Crippen LogP contribution >= 0.6 is 0 Å². The SMILES string of the molecule is c1ccc(-c2nc(NCCCCn3cnnc3)nc3ccccc23)cc1. The van der Waals surface area contributed by atoms with Crippen molar-refractivity contribution in [3.63, 3.8) is 0 Å². The number of fused-ring (bicyclic) bond motifs is 1. The van der Waals surface area contributed by atoms with Crippen molar-refractivity contribution in [3.05, 3.63) is 67.3 Å². The summed E-state index contributed by atoms with van der Waals surface area (Å²) >= 11 is 0. The summed E-state index contributed by atoms with van der Waals surface area (Å²) in [7, 11) is 0. The number of nitrogens with one attached hydrogen (secondary N) is 1. The van der Waals surface area contributed by atoms with Crippen LogP contribution in [0.3, 0.4) is 0 Å². The highest BCUT2D eigenvalue weighted by molar-refractivity contribution is 5.93. The van der Waals surface area contributed by atoms with Gasteiger partial charge >= 0.3 is 0 Å². The maximum absolute atomic E-state index is 4.77. The van der Waals surface area contributed by atoms with Gasteiger partial charge in [0.2, 0.25) is 5.95 Å². The lowest BCUT2D eigenvalue weighted by atomic mass is 10.1. The third-order valence-corrected chi connectivity index (χ3v) is 4.24. The molecule has 26 heavy (non-hydrogen) atoms. The Morgan fingerprint density at radius 2 is 1.58 bits per heavy atom. The summed E-state index contributed by atoms with van der Waals surface area (Å²) in [5.74, 6) is 0.673. The number of unbranched alkanes of at least 4 members (excludes halogenated alkanes) is 1. The molecule has 0 aliphatic heterocycles. The molecule has 0 atom stereocenters. The molecule has 0 fully saturated rings. The molecule has 2 aromatic heterocycles. The molecule has 0 saturated heterocycles. The predicted octanol–water partition coefficient (Wildman–Crippen LogP) is 3.78. The van der Waals surface area contributed by atoms with Gasteiger partial charge in [0.15, 0.2) is 0 Å². The van der Waals surface area contributed by atoms with E-state index in [9.17, 15) is 0 Å². The van der Waals surface area contributed by atoms with Gasteiger partial charge in [-0.15, -0.1) is 10.2 Å². The van der Waals surface area contributed by atoms with Gasteiger partial charge in [-0.2, -0.15) is 0 Å². The fraction of sp³-hybridized carbons (Fsp3) is 0.200. The molecule has 4 aromatic rings. The van der Waals surface area contributed by atoms with Gasteiger partial charge in [-0.1, -0.05) is 48.5 Å². The topological polar surface area (TPSA) is 68.5 Å². The molecule has 6 nitrogen and oxygen atoms in total. The number of aryl methyl sites for hydroxylation is 1. The van der Waals surface area contributed by atoms with Gasteiger partial charge in [0, 0.05) is 24.0 Å². The Morgan fingerprint density at radius 3 is 2.42 bits per heavy atom. The molecule has 0 unspecified atom stereocenters. The second kappa shape index (κ2) is 7.74. The zero-order valence-corrected chi connectivity index (χ0v) is 14.4. The zero-order chi connectivity index (χ0) is 17.6. The van der Waals surface area contributed by atoms with Gasteiger partial charge in [0.05, 0.1) is 11.2 Å². The van der Waals surface area contributed by atoms with Gasteiger partial charge in [0.25, 0.3) is 0 Å². The molecule has 130 valence electrons. The van der Waals surface area contributed by atoms with Crippen molar-refractivity contribution < 1.29 is 0 Å². The molecule has 0 aliphatic rings. The number of benzene rings is 2. The molecule has 2 aromatic carbocycles. The first kappa shape index (κ1) is 16.2. The highest BCUT2D eigenvalue weighted by Gasteiger charge is 2.09. The van der Waals surface area contributed by atoms with Crippen LogP contribution in [0, 0.1) is 0 Å². The first-order valence-electron chi connectivity index (χ1n) is 8.79. The fourth-order valence-corrected chi connectivity index (χ4v) is 2.93. The summed E-state index contributed by atoms with van der Waals surface area (Å²) in [5, 5.41) is 12.1. The van der Waals surface area contributed by atoms with Crippen molar-refractivity contribution in [2.24, 2.45) is 0 Å². The molecule has 6 heteroatoms. The van der Waals surface area contributed by atoms with Gasteiger partial charge in [0.1, 0.15) is 12.7 Å². The van der Waals surface area contributed by atoms with Crippen molar-refractivity contribution in [2.75, 3.05) is 11.9 Å². The Bertz CT molecular complexity index is 966. The van der Waals surface area contributed by atoms with Crippen LogP contribution in [-0.2, 0) is 6.54 Å². The monoisotopic (exact) mass is 344 g/mol. The molecule has 0 amide bonds. The summed E-state index contributed by atoms with van der Waals surface area (Å²) in [5.41, 5.74) is 3.01. The minimum atomic E-state index is 0.673. The third-order valence-electron chi connectivity index (χ3n) is 4.24.